The van der Waals surface area contributed by atoms with Crippen LogP contribution in [-0.2, 0) is 4.79 Å². The fraction of sp³-hybridized carbons (Fsp3) is 0.500. The zero-order valence-electron chi connectivity index (χ0n) is 12.4. The average molecular weight is 303 g/mol. The van der Waals surface area contributed by atoms with Gasteiger partial charge in [-0.15, -0.1) is 0 Å². The van der Waals surface area contributed by atoms with Gasteiger partial charge in [-0.25, -0.2) is 4.39 Å². The number of nitrogens with one attached hydrogen (secondary N) is 2. The topological polar surface area (TPSA) is 60.6 Å². The first-order chi connectivity index (χ1) is 10.7. The zero-order valence-corrected chi connectivity index (χ0v) is 12.4. The third kappa shape index (κ3) is 3.37. The summed E-state index contributed by atoms with van der Waals surface area (Å²) in [5, 5.41) is 12.1. The summed E-state index contributed by atoms with van der Waals surface area (Å²) in [6.07, 6.45) is 2.21. The highest BCUT2D eigenvalue weighted by Crippen LogP contribution is 2.22. The predicted octanol–water partition coefficient (Wildman–Crippen LogP) is -0.319. The molecular weight excluding hydrogens is 283 g/mol. The van der Waals surface area contributed by atoms with E-state index < -0.39 is 5.82 Å². The summed E-state index contributed by atoms with van der Waals surface area (Å²) in [5.41, 5.74) is 0.765. The van der Waals surface area contributed by atoms with Crippen molar-refractivity contribution in [2.75, 3.05) is 37.6 Å². The first-order valence-electron chi connectivity index (χ1n) is 7.74. The van der Waals surface area contributed by atoms with E-state index in [1.165, 1.54) is 11.0 Å². The van der Waals surface area contributed by atoms with E-state index in [1.54, 1.807) is 12.1 Å². The summed E-state index contributed by atoms with van der Waals surface area (Å²) in [6, 6.07) is 7.08. The highest BCUT2D eigenvalue weighted by molar-refractivity contribution is 5.77. The van der Waals surface area contributed by atoms with Crippen LogP contribution in [0.15, 0.2) is 18.2 Å². The minimum Gasteiger partial charge on any atom is -0.359 e. The van der Waals surface area contributed by atoms with Crippen LogP contribution in [0.4, 0.5) is 10.1 Å². The van der Waals surface area contributed by atoms with E-state index in [2.05, 4.69) is 5.32 Å². The van der Waals surface area contributed by atoms with E-state index in [0.29, 0.717) is 18.3 Å². The van der Waals surface area contributed by atoms with Gasteiger partial charge in [0.05, 0.1) is 31.9 Å². The number of benzene rings is 1. The molecule has 0 aromatic heterocycles. The summed E-state index contributed by atoms with van der Waals surface area (Å²) < 4.78 is 13.7. The zero-order chi connectivity index (χ0) is 15.5. The minimum atomic E-state index is -0.474. The highest BCUT2D eigenvalue weighted by Gasteiger charge is 2.27. The Morgan fingerprint density at radius 2 is 2.14 bits per heavy atom. The Morgan fingerprint density at radius 3 is 2.77 bits per heavy atom. The Bertz CT molecular complexity index is 601. The summed E-state index contributed by atoms with van der Waals surface area (Å²) in [7, 11) is 0. The van der Waals surface area contributed by atoms with Crippen molar-refractivity contribution in [2.24, 2.45) is 0 Å². The number of quaternary nitrogens is 1. The van der Waals surface area contributed by atoms with Gasteiger partial charge in [0, 0.05) is 6.04 Å². The van der Waals surface area contributed by atoms with Crippen molar-refractivity contribution in [3.05, 3.63) is 29.6 Å². The maximum absolute atomic E-state index is 13.7. The maximum Gasteiger partial charge on any atom is 0.275 e. The standard InChI is InChI=1S/C16H19FN4O/c17-14-2-1-3-15(13(14)10-18)21-8-6-20(7-9-21)11-16(22)19-12-4-5-12/h1-3,12H,4-9,11H2,(H,19,22)/p+1. The van der Waals surface area contributed by atoms with Gasteiger partial charge >= 0.3 is 0 Å². The second-order valence-electron chi connectivity index (χ2n) is 6.00. The highest BCUT2D eigenvalue weighted by atomic mass is 19.1. The predicted molar refractivity (Wildman–Crippen MR) is 80.1 cm³/mol. The van der Waals surface area contributed by atoms with E-state index in [4.69, 9.17) is 5.26 Å². The van der Waals surface area contributed by atoms with Crippen LogP contribution in [0.25, 0.3) is 0 Å². The van der Waals surface area contributed by atoms with Crippen LogP contribution >= 0.6 is 0 Å². The summed E-state index contributed by atoms with van der Waals surface area (Å²) in [4.78, 5) is 15.1. The van der Waals surface area contributed by atoms with Crippen LogP contribution in [0, 0.1) is 17.1 Å². The molecule has 0 spiro atoms. The third-order valence-corrected chi connectivity index (χ3v) is 4.27. The number of piperazine rings is 1. The number of hydrogen-bond acceptors (Lipinski definition) is 3. The molecule has 5 nitrogen and oxygen atoms in total. The Morgan fingerprint density at radius 1 is 1.41 bits per heavy atom. The Hall–Kier alpha value is -2.13. The molecule has 0 unspecified atom stereocenters. The van der Waals surface area contributed by atoms with Gasteiger partial charge in [0.1, 0.15) is 17.4 Å². The fourth-order valence-electron chi connectivity index (χ4n) is 2.86. The molecule has 1 heterocycles. The molecule has 3 rings (SSSR count). The van der Waals surface area contributed by atoms with Crippen molar-refractivity contribution >= 4 is 11.6 Å². The van der Waals surface area contributed by atoms with Crippen molar-refractivity contribution in [1.82, 2.24) is 5.32 Å². The number of halogens is 1. The van der Waals surface area contributed by atoms with Crippen molar-refractivity contribution in [2.45, 2.75) is 18.9 Å². The van der Waals surface area contributed by atoms with Gasteiger partial charge in [0.2, 0.25) is 0 Å². The molecule has 0 atom stereocenters. The molecule has 1 saturated carbocycles. The number of anilines is 1. The van der Waals surface area contributed by atoms with Crippen LogP contribution in [-0.4, -0.2) is 44.7 Å². The lowest BCUT2D eigenvalue weighted by Crippen LogP contribution is -3.16. The maximum atomic E-state index is 13.7. The number of rotatable bonds is 4. The molecule has 2 fully saturated rings. The van der Waals surface area contributed by atoms with E-state index >= 15 is 0 Å². The quantitative estimate of drug-likeness (QED) is 0.801. The van der Waals surface area contributed by atoms with E-state index in [-0.39, 0.29) is 11.5 Å². The number of carbonyl (C=O) groups excluding carboxylic acids is 1. The summed E-state index contributed by atoms with van der Waals surface area (Å²) >= 11 is 0. The number of nitriles is 1. The lowest BCUT2D eigenvalue weighted by molar-refractivity contribution is -0.892. The van der Waals surface area contributed by atoms with Crippen molar-refractivity contribution < 1.29 is 14.1 Å². The average Bonchev–Trinajstić information content (AvgIpc) is 3.31. The van der Waals surface area contributed by atoms with Crippen LogP contribution in [0.2, 0.25) is 0 Å². The molecule has 1 aliphatic heterocycles. The van der Waals surface area contributed by atoms with Crippen molar-refractivity contribution in [3.8, 4) is 6.07 Å². The van der Waals surface area contributed by atoms with Gasteiger partial charge < -0.3 is 15.1 Å². The first kappa shape index (κ1) is 14.8. The number of amides is 1. The van der Waals surface area contributed by atoms with Crippen LogP contribution < -0.4 is 15.1 Å². The van der Waals surface area contributed by atoms with Gasteiger partial charge in [-0.2, -0.15) is 5.26 Å². The lowest BCUT2D eigenvalue weighted by Gasteiger charge is -2.33. The molecule has 2 aliphatic rings. The third-order valence-electron chi connectivity index (χ3n) is 4.27. The second-order valence-corrected chi connectivity index (χ2v) is 6.00. The molecule has 6 heteroatoms. The number of hydrogen-bond donors (Lipinski definition) is 2. The van der Waals surface area contributed by atoms with Gasteiger partial charge in [-0.1, -0.05) is 6.07 Å². The molecule has 1 aromatic rings. The van der Waals surface area contributed by atoms with E-state index in [1.807, 2.05) is 11.0 Å². The molecular formula is C16H20FN4O+. The molecule has 2 N–H and O–H groups in total. The fourth-order valence-corrected chi connectivity index (χ4v) is 2.86. The molecule has 1 aliphatic carbocycles. The van der Waals surface area contributed by atoms with Crippen LogP contribution in [0.1, 0.15) is 18.4 Å². The summed E-state index contributed by atoms with van der Waals surface area (Å²) in [6.45, 7) is 3.59. The SMILES string of the molecule is N#Cc1c(F)cccc1N1CC[NH+](CC(=O)NC2CC2)CC1. The van der Waals surface area contributed by atoms with Crippen molar-refractivity contribution in [3.63, 3.8) is 0 Å². The van der Waals surface area contributed by atoms with Gasteiger partial charge in [0.15, 0.2) is 6.54 Å². The largest absolute Gasteiger partial charge is 0.359 e. The monoisotopic (exact) mass is 303 g/mol. The smallest absolute Gasteiger partial charge is 0.275 e. The molecule has 0 radical (unpaired) electrons. The van der Waals surface area contributed by atoms with Gasteiger partial charge in [-0.05, 0) is 25.0 Å². The van der Waals surface area contributed by atoms with Gasteiger partial charge in [-0.3, -0.25) is 4.79 Å². The summed E-state index contributed by atoms with van der Waals surface area (Å²) in [5.74, 6) is -0.354. The van der Waals surface area contributed by atoms with E-state index in [0.717, 1.165) is 39.0 Å². The Kier molecular flexibility index (Phi) is 4.25. The van der Waals surface area contributed by atoms with Crippen molar-refractivity contribution in [1.29, 1.82) is 5.26 Å². The van der Waals surface area contributed by atoms with E-state index in [9.17, 15) is 9.18 Å². The van der Waals surface area contributed by atoms with Crippen LogP contribution in [0.3, 0.4) is 0 Å². The molecule has 116 valence electrons. The lowest BCUT2D eigenvalue weighted by atomic mass is 10.1. The van der Waals surface area contributed by atoms with Gasteiger partial charge in [0.25, 0.3) is 5.91 Å². The normalized spacial score (nSPS) is 18.8. The molecule has 0 bridgehead atoms. The molecule has 22 heavy (non-hydrogen) atoms. The first-order valence-corrected chi connectivity index (χ1v) is 7.74. The molecule has 1 aromatic carbocycles. The number of nitrogens with zero attached hydrogens (tertiary/aromatic N) is 2. The number of carbonyl (C=O) groups is 1. The second kappa shape index (κ2) is 6.32. The minimum absolute atomic E-state index is 0.109. The Balaban J connectivity index is 1.56. The Labute approximate surface area is 129 Å². The van der Waals surface area contributed by atoms with Crippen LogP contribution in [0.5, 0.6) is 0 Å². The molecule has 1 amide bonds. The molecule has 1 saturated heterocycles.